The lowest BCUT2D eigenvalue weighted by atomic mass is 10.0. The Balaban J connectivity index is 1.95. The summed E-state index contributed by atoms with van der Waals surface area (Å²) >= 11 is 0. The predicted molar refractivity (Wildman–Crippen MR) is 95.0 cm³/mol. The van der Waals surface area contributed by atoms with Crippen LogP contribution in [0.5, 0.6) is 0 Å². The average molecular weight is 348 g/mol. The Bertz CT molecular complexity index is 540. The van der Waals surface area contributed by atoms with E-state index in [2.05, 4.69) is 22.1 Å². The highest BCUT2D eigenvalue weighted by Gasteiger charge is 2.32. The van der Waals surface area contributed by atoms with Gasteiger partial charge in [-0.05, 0) is 43.9 Å². The van der Waals surface area contributed by atoms with E-state index in [1.165, 1.54) is 0 Å². The molecule has 2 atom stereocenters. The van der Waals surface area contributed by atoms with Crippen molar-refractivity contribution in [3.8, 4) is 0 Å². The Morgan fingerprint density at radius 2 is 2.40 bits per heavy atom. The number of amides is 2. The lowest BCUT2D eigenvalue weighted by Crippen LogP contribution is -2.43. The molecular formula is C18H28N4O3. The number of hydrogen-bond acceptors (Lipinski definition) is 5. The van der Waals surface area contributed by atoms with Crippen molar-refractivity contribution in [3.63, 3.8) is 0 Å². The fraction of sp³-hybridized carbons (Fsp3) is 0.611. The van der Waals surface area contributed by atoms with Crippen LogP contribution in [0.3, 0.4) is 0 Å². The van der Waals surface area contributed by atoms with Crippen LogP contribution >= 0.6 is 0 Å². The largest absolute Gasteiger partial charge is 0.309 e. The zero-order chi connectivity index (χ0) is 18.1. The Kier molecular flexibility index (Phi) is 7.81. The summed E-state index contributed by atoms with van der Waals surface area (Å²) in [4.78, 5) is 29.6. The number of carbonyl (C=O) groups is 2. The molecular weight excluding hydrogens is 320 g/mol. The molecule has 0 spiro atoms. The summed E-state index contributed by atoms with van der Waals surface area (Å²) in [6.45, 7) is 3.97. The molecule has 1 aromatic rings. The van der Waals surface area contributed by atoms with Gasteiger partial charge in [-0.25, -0.2) is 10.0 Å². The molecule has 1 aliphatic heterocycles. The third-order valence-corrected chi connectivity index (χ3v) is 4.61. The van der Waals surface area contributed by atoms with Crippen molar-refractivity contribution in [1.82, 2.24) is 14.9 Å². The topological polar surface area (TPSA) is 85.8 Å². The van der Waals surface area contributed by atoms with Gasteiger partial charge >= 0.3 is 0 Å². The monoisotopic (exact) mass is 348 g/mol. The van der Waals surface area contributed by atoms with Crippen molar-refractivity contribution in [2.45, 2.75) is 45.1 Å². The number of nitrogens with zero attached hydrogens (tertiary/aromatic N) is 3. The molecule has 2 rings (SSSR count). The smallest absolute Gasteiger partial charge is 0.242 e. The number of hydroxylamine groups is 2. The van der Waals surface area contributed by atoms with Gasteiger partial charge in [0.1, 0.15) is 5.82 Å². The van der Waals surface area contributed by atoms with E-state index in [-0.39, 0.29) is 17.9 Å². The molecule has 2 amide bonds. The maximum Gasteiger partial charge on any atom is 0.242 e. The van der Waals surface area contributed by atoms with E-state index < -0.39 is 0 Å². The Labute approximate surface area is 149 Å². The van der Waals surface area contributed by atoms with Crippen LogP contribution in [-0.2, 0) is 9.59 Å². The van der Waals surface area contributed by atoms with Crippen LogP contribution in [0.1, 0.15) is 39.0 Å². The second-order valence-corrected chi connectivity index (χ2v) is 6.59. The molecule has 0 bridgehead atoms. The minimum atomic E-state index is -0.186. The number of anilines is 1. The molecule has 0 aromatic carbocycles. The number of likely N-dealkylation sites (tertiary alicyclic amines) is 1. The number of aromatic nitrogens is 1. The quantitative estimate of drug-likeness (QED) is 0.384. The maximum absolute atomic E-state index is 12.6. The van der Waals surface area contributed by atoms with Crippen molar-refractivity contribution in [2.24, 2.45) is 5.92 Å². The van der Waals surface area contributed by atoms with Gasteiger partial charge in [0, 0.05) is 12.7 Å². The van der Waals surface area contributed by atoms with E-state index in [1.807, 2.05) is 12.1 Å². The molecule has 2 N–H and O–H groups in total. The van der Waals surface area contributed by atoms with Crippen molar-refractivity contribution >= 4 is 18.1 Å². The molecule has 2 heterocycles. The second kappa shape index (κ2) is 10.1. The zero-order valence-corrected chi connectivity index (χ0v) is 14.8. The van der Waals surface area contributed by atoms with Crippen molar-refractivity contribution in [1.29, 1.82) is 0 Å². The third kappa shape index (κ3) is 6.10. The molecule has 0 radical (unpaired) electrons. The highest BCUT2D eigenvalue weighted by molar-refractivity contribution is 5.94. The number of unbranched alkanes of at least 4 members (excludes halogenated alkanes) is 1. The van der Waals surface area contributed by atoms with E-state index in [1.54, 1.807) is 12.3 Å². The van der Waals surface area contributed by atoms with Gasteiger partial charge in [0.25, 0.3) is 0 Å². The predicted octanol–water partition coefficient (Wildman–Crippen LogP) is 2.14. The van der Waals surface area contributed by atoms with Crippen LogP contribution in [0.15, 0.2) is 24.4 Å². The lowest BCUT2D eigenvalue weighted by molar-refractivity contribution is -0.153. The molecule has 1 aliphatic rings. The SMILES string of the molecule is CCCC[C@H](CN(O)C=O)CN1CCC[C@H]1C(=O)Nc1ccccn1. The lowest BCUT2D eigenvalue weighted by Gasteiger charge is -2.29. The number of hydrogen-bond donors (Lipinski definition) is 2. The first kappa shape index (κ1) is 19.3. The summed E-state index contributed by atoms with van der Waals surface area (Å²) < 4.78 is 0. The summed E-state index contributed by atoms with van der Waals surface area (Å²) in [7, 11) is 0. The number of pyridine rings is 1. The molecule has 0 unspecified atom stereocenters. The van der Waals surface area contributed by atoms with E-state index >= 15 is 0 Å². The minimum Gasteiger partial charge on any atom is -0.309 e. The molecule has 7 nitrogen and oxygen atoms in total. The summed E-state index contributed by atoms with van der Waals surface area (Å²) in [6.07, 6.45) is 6.90. The van der Waals surface area contributed by atoms with Gasteiger partial charge in [0.05, 0.1) is 12.6 Å². The van der Waals surface area contributed by atoms with Crippen LogP contribution in [0.2, 0.25) is 0 Å². The first-order chi connectivity index (χ1) is 12.1. The molecule has 138 valence electrons. The van der Waals surface area contributed by atoms with Gasteiger partial charge in [0.2, 0.25) is 12.3 Å². The summed E-state index contributed by atoms with van der Waals surface area (Å²) in [6, 6.07) is 5.23. The summed E-state index contributed by atoms with van der Waals surface area (Å²) in [5.41, 5.74) is 0. The van der Waals surface area contributed by atoms with Crippen LogP contribution in [0, 0.1) is 5.92 Å². The standard InChI is InChI=1S/C18H28N4O3/c1-2-3-7-15(13-22(25)14-23)12-21-11-6-8-16(21)18(24)20-17-9-4-5-10-19-17/h4-5,9-10,14-16,25H,2-3,6-8,11-13H2,1H3,(H,19,20,24)/t15-,16-/m0/s1. The van der Waals surface area contributed by atoms with Gasteiger partial charge in [-0.2, -0.15) is 0 Å². The van der Waals surface area contributed by atoms with Crippen LogP contribution in [-0.4, -0.2) is 58.1 Å². The number of carbonyl (C=O) groups excluding carboxylic acids is 2. The molecule has 25 heavy (non-hydrogen) atoms. The Hall–Kier alpha value is -1.99. The molecule has 1 aromatic heterocycles. The van der Waals surface area contributed by atoms with Gasteiger partial charge in [-0.1, -0.05) is 25.8 Å². The first-order valence-electron chi connectivity index (χ1n) is 9.00. The molecule has 0 aliphatic carbocycles. The van der Waals surface area contributed by atoms with Crippen LogP contribution in [0.4, 0.5) is 5.82 Å². The van der Waals surface area contributed by atoms with Gasteiger partial charge in [0.15, 0.2) is 0 Å². The Morgan fingerprint density at radius 3 is 3.08 bits per heavy atom. The third-order valence-electron chi connectivity index (χ3n) is 4.61. The highest BCUT2D eigenvalue weighted by Crippen LogP contribution is 2.22. The second-order valence-electron chi connectivity index (χ2n) is 6.59. The van der Waals surface area contributed by atoms with Gasteiger partial charge in [-0.3, -0.25) is 19.7 Å². The zero-order valence-electron chi connectivity index (χ0n) is 14.8. The normalized spacial score (nSPS) is 18.7. The molecule has 1 fully saturated rings. The highest BCUT2D eigenvalue weighted by atomic mass is 16.5. The fourth-order valence-corrected chi connectivity index (χ4v) is 3.36. The van der Waals surface area contributed by atoms with Crippen molar-refractivity contribution in [2.75, 3.05) is 25.0 Å². The number of rotatable bonds is 10. The Morgan fingerprint density at radius 1 is 1.56 bits per heavy atom. The average Bonchev–Trinajstić information content (AvgIpc) is 3.08. The van der Waals surface area contributed by atoms with E-state index in [4.69, 9.17) is 0 Å². The fourth-order valence-electron chi connectivity index (χ4n) is 3.36. The van der Waals surface area contributed by atoms with E-state index in [0.717, 1.165) is 38.6 Å². The molecule has 1 saturated heterocycles. The van der Waals surface area contributed by atoms with Crippen LogP contribution < -0.4 is 5.32 Å². The minimum absolute atomic E-state index is 0.0401. The van der Waals surface area contributed by atoms with Gasteiger partial charge < -0.3 is 5.32 Å². The molecule has 0 saturated carbocycles. The summed E-state index contributed by atoms with van der Waals surface area (Å²) in [5.74, 6) is 0.671. The van der Waals surface area contributed by atoms with Crippen LogP contribution in [0.25, 0.3) is 0 Å². The van der Waals surface area contributed by atoms with Crippen molar-refractivity contribution < 1.29 is 14.8 Å². The van der Waals surface area contributed by atoms with E-state index in [0.29, 0.717) is 30.4 Å². The van der Waals surface area contributed by atoms with Crippen molar-refractivity contribution in [3.05, 3.63) is 24.4 Å². The maximum atomic E-state index is 12.6. The van der Waals surface area contributed by atoms with Gasteiger partial charge in [-0.15, -0.1) is 0 Å². The molecule has 7 heteroatoms. The van der Waals surface area contributed by atoms with E-state index in [9.17, 15) is 14.8 Å². The number of nitrogens with one attached hydrogen (secondary N) is 1. The first-order valence-corrected chi connectivity index (χ1v) is 9.00. The summed E-state index contributed by atoms with van der Waals surface area (Å²) in [5, 5.41) is 13.1.